The molecule has 3 N–H and O–H groups in total. The molecular formula is C21H34N4O3. The topological polar surface area (TPSA) is 90.5 Å². The SMILES string of the molecule is CCN(CC)C(=O)Nc1ccc(C(C)NC(=O)CCNC(=O)C(C)(C)C)cc1. The second-order valence-corrected chi connectivity index (χ2v) is 7.77. The Morgan fingerprint density at radius 1 is 1.04 bits per heavy atom. The summed E-state index contributed by atoms with van der Waals surface area (Å²) in [5, 5.41) is 8.55. The number of nitrogens with zero attached hydrogens (tertiary/aromatic N) is 1. The van der Waals surface area contributed by atoms with Gasteiger partial charge in [-0.05, 0) is 38.5 Å². The largest absolute Gasteiger partial charge is 0.355 e. The first-order valence-corrected chi connectivity index (χ1v) is 9.82. The summed E-state index contributed by atoms with van der Waals surface area (Å²) in [6.45, 7) is 12.9. The minimum Gasteiger partial charge on any atom is -0.355 e. The van der Waals surface area contributed by atoms with Gasteiger partial charge in [0.25, 0.3) is 0 Å². The summed E-state index contributed by atoms with van der Waals surface area (Å²) in [6.07, 6.45) is 0.226. The van der Waals surface area contributed by atoms with Gasteiger partial charge in [-0.25, -0.2) is 4.79 Å². The second kappa shape index (κ2) is 10.7. The lowest BCUT2D eigenvalue weighted by Crippen LogP contribution is -2.37. The molecule has 4 amide bonds. The van der Waals surface area contributed by atoms with E-state index in [4.69, 9.17) is 0 Å². The molecule has 0 saturated heterocycles. The van der Waals surface area contributed by atoms with E-state index in [9.17, 15) is 14.4 Å². The molecule has 0 aliphatic carbocycles. The van der Waals surface area contributed by atoms with Crippen molar-refractivity contribution in [3.05, 3.63) is 29.8 Å². The summed E-state index contributed by atoms with van der Waals surface area (Å²) >= 11 is 0. The highest BCUT2D eigenvalue weighted by Gasteiger charge is 2.20. The van der Waals surface area contributed by atoms with E-state index >= 15 is 0 Å². The Labute approximate surface area is 168 Å². The zero-order valence-corrected chi connectivity index (χ0v) is 17.9. The molecule has 0 heterocycles. The monoisotopic (exact) mass is 390 g/mol. The van der Waals surface area contributed by atoms with Crippen LogP contribution in [0.4, 0.5) is 10.5 Å². The molecule has 1 aromatic carbocycles. The fourth-order valence-electron chi connectivity index (χ4n) is 2.52. The van der Waals surface area contributed by atoms with Crippen molar-refractivity contribution in [2.45, 2.75) is 54.0 Å². The van der Waals surface area contributed by atoms with E-state index in [2.05, 4.69) is 16.0 Å². The van der Waals surface area contributed by atoms with Crippen LogP contribution in [0.5, 0.6) is 0 Å². The molecular weight excluding hydrogens is 356 g/mol. The fraction of sp³-hybridized carbons (Fsp3) is 0.571. The van der Waals surface area contributed by atoms with Crippen molar-refractivity contribution in [1.82, 2.24) is 15.5 Å². The van der Waals surface area contributed by atoms with E-state index in [0.717, 1.165) is 5.56 Å². The van der Waals surface area contributed by atoms with Crippen LogP contribution in [0.15, 0.2) is 24.3 Å². The Morgan fingerprint density at radius 3 is 2.11 bits per heavy atom. The molecule has 28 heavy (non-hydrogen) atoms. The maximum absolute atomic E-state index is 12.1. The number of hydrogen-bond acceptors (Lipinski definition) is 3. The summed E-state index contributed by atoms with van der Waals surface area (Å²) < 4.78 is 0. The third-order valence-corrected chi connectivity index (χ3v) is 4.41. The number of nitrogens with one attached hydrogen (secondary N) is 3. The number of carbonyl (C=O) groups is 3. The van der Waals surface area contributed by atoms with Gasteiger partial charge >= 0.3 is 6.03 Å². The van der Waals surface area contributed by atoms with Crippen LogP contribution in [-0.2, 0) is 9.59 Å². The van der Waals surface area contributed by atoms with Crippen LogP contribution in [0.25, 0.3) is 0 Å². The molecule has 1 atom stereocenters. The van der Waals surface area contributed by atoms with Crippen LogP contribution in [0.1, 0.15) is 59.6 Å². The van der Waals surface area contributed by atoms with Crippen LogP contribution >= 0.6 is 0 Å². The summed E-state index contributed by atoms with van der Waals surface area (Å²) in [5.41, 5.74) is 1.18. The van der Waals surface area contributed by atoms with Gasteiger partial charge in [0.15, 0.2) is 0 Å². The summed E-state index contributed by atoms with van der Waals surface area (Å²) in [5.74, 6) is -0.198. The average Bonchev–Trinajstić information content (AvgIpc) is 2.62. The second-order valence-electron chi connectivity index (χ2n) is 7.77. The molecule has 0 saturated carbocycles. The minimum absolute atomic E-state index is 0.0734. The Kier molecular flexibility index (Phi) is 8.96. The van der Waals surface area contributed by atoms with Crippen molar-refractivity contribution in [2.75, 3.05) is 25.0 Å². The van der Waals surface area contributed by atoms with Crippen molar-refractivity contribution in [2.24, 2.45) is 5.41 Å². The maximum Gasteiger partial charge on any atom is 0.321 e. The van der Waals surface area contributed by atoms with Crippen molar-refractivity contribution in [3.63, 3.8) is 0 Å². The van der Waals surface area contributed by atoms with Crippen LogP contribution < -0.4 is 16.0 Å². The molecule has 1 unspecified atom stereocenters. The Hall–Kier alpha value is -2.57. The zero-order chi connectivity index (χ0) is 21.3. The lowest BCUT2D eigenvalue weighted by molar-refractivity contribution is -0.128. The van der Waals surface area contributed by atoms with Crippen LogP contribution in [0.3, 0.4) is 0 Å². The van der Waals surface area contributed by atoms with E-state index < -0.39 is 5.41 Å². The van der Waals surface area contributed by atoms with Gasteiger partial charge < -0.3 is 20.9 Å². The van der Waals surface area contributed by atoms with Crippen molar-refractivity contribution < 1.29 is 14.4 Å². The van der Waals surface area contributed by atoms with Crippen LogP contribution in [0, 0.1) is 5.41 Å². The standard InChI is InChI=1S/C21H34N4O3/c1-7-25(8-2)20(28)24-17-11-9-16(10-12-17)15(3)23-18(26)13-14-22-19(27)21(4,5)6/h9-12,15H,7-8,13-14H2,1-6H3,(H,22,27)(H,23,26)(H,24,28). The Balaban J connectivity index is 2.50. The average molecular weight is 391 g/mol. The van der Waals surface area contributed by atoms with Gasteiger partial charge in [0.05, 0.1) is 6.04 Å². The molecule has 0 aliphatic rings. The minimum atomic E-state index is -0.466. The summed E-state index contributed by atoms with van der Waals surface area (Å²) in [4.78, 5) is 37.7. The first-order chi connectivity index (χ1) is 13.1. The van der Waals surface area contributed by atoms with Crippen LogP contribution in [-0.4, -0.2) is 42.4 Å². The van der Waals surface area contributed by atoms with E-state index in [1.54, 1.807) is 4.90 Å². The lowest BCUT2D eigenvalue weighted by atomic mass is 9.96. The molecule has 1 aromatic rings. The molecule has 0 spiro atoms. The first kappa shape index (κ1) is 23.5. The number of urea groups is 1. The zero-order valence-electron chi connectivity index (χ0n) is 17.9. The molecule has 0 radical (unpaired) electrons. The van der Waals surface area contributed by atoms with Crippen LogP contribution in [0.2, 0.25) is 0 Å². The number of benzene rings is 1. The van der Waals surface area contributed by atoms with E-state index in [1.165, 1.54) is 0 Å². The highest BCUT2D eigenvalue weighted by molar-refractivity contribution is 5.89. The molecule has 0 bridgehead atoms. The highest BCUT2D eigenvalue weighted by atomic mass is 16.2. The normalized spacial score (nSPS) is 12.1. The van der Waals surface area contributed by atoms with Crippen molar-refractivity contribution in [1.29, 1.82) is 0 Å². The molecule has 156 valence electrons. The number of amides is 4. The van der Waals surface area contributed by atoms with E-state index in [1.807, 2.05) is 65.8 Å². The summed E-state index contributed by atoms with van der Waals surface area (Å²) in [7, 11) is 0. The van der Waals surface area contributed by atoms with Gasteiger partial charge in [0.1, 0.15) is 0 Å². The highest BCUT2D eigenvalue weighted by Crippen LogP contribution is 2.17. The van der Waals surface area contributed by atoms with E-state index in [-0.39, 0.29) is 30.3 Å². The number of hydrogen-bond donors (Lipinski definition) is 3. The van der Waals surface area contributed by atoms with Gasteiger partial charge in [0, 0.05) is 37.2 Å². The number of anilines is 1. The molecule has 7 nitrogen and oxygen atoms in total. The molecule has 7 heteroatoms. The maximum atomic E-state index is 12.1. The fourth-order valence-corrected chi connectivity index (χ4v) is 2.52. The third-order valence-electron chi connectivity index (χ3n) is 4.41. The third kappa shape index (κ3) is 7.58. The van der Waals surface area contributed by atoms with E-state index in [0.29, 0.717) is 25.3 Å². The Morgan fingerprint density at radius 2 is 1.61 bits per heavy atom. The summed E-state index contributed by atoms with van der Waals surface area (Å²) in [6, 6.07) is 7.11. The first-order valence-electron chi connectivity index (χ1n) is 9.82. The predicted octanol–water partition coefficient (Wildman–Crippen LogP) is 3.29. The molecule has 0 aromatic heterocycles. The molecule has 0 aliphatic heterocycles. The van der Waals surface area contributed by atoms with Gasteiger partial charge in [0.2, 0.25) is 11.8 Å². The number of rotatable bonds is 8. The lowest BCUT2D eigenvalue weighted by Gasteiger charge is -2.20. The quantitative estimate of drug-likeness (QED) is 0.636. The Bertz CT molecular complexity index is 661. The smallest absolute Gasteiger partial charge is 0.321 e. The molecule has 0 fully saturated rings. The number of carbonyl (C=O) groups excluding carboxylic acids is 3. The van der Waals surface area contributed by atoms with Gasteiger partial charge in [-0.1, -0.05) is 32.9 Å². The van der Waals surface area contributed by atoms with Gasteiger partial charge in [-0.3, -0.25) is 9.59 Å². The molecule has 1 rings (SSSR count). The van der Waals surface area contributed by atoms with Gasteiger partial charge in [-0.2, -0.15) is 0 Å². The van der Waals surface area contributed by atoms with Crippen molar-refractivity contribution >= 4 is 23.5 Å². The predicted molar refractivity (Wildman–Crippen MR) is 112 cm³/mol. The van der Waals surface area contributed by atoms with Gasteiger partial charge in [-0.15, -0.1) is 0 Å². The van der Waals surface area contributed by atoms with Crippen molar-refractivity contribution in [3.8, 4) is 0 Å².